The van der Waals surface area contributed by atoms with Gasteiger partial charge >= 0.3 is 0 Å². The van der Waals surface area contributed by atoms with Gasteiger partial charge in [0.1, 0.15) is 24.0 Å². The summed E-state index contributed by atoms with van der Waals surface area (Å²) < 4.78 is 5.54. The second kappa shape index (κ2) is 8.72. The summed E-state index contributed by atoms with van der Waals surface area (Å²) in [5.74, 6) is 0.0577. The largest absolute Gasteiger partial charge is 0.489 e. The van der Waals surface area contributed by atoms with Crippen LogP contribution in [0.3, 0.4) is 0 Å². The van der Waals surface area contributed by atoms with E-state index in [2.05, 4.69) is 11.9 Å². The number of nitrogens with zero attached hydrogens (tertiary/aromatic N) is 1. The van der Waals surface area contributed by atoms with Crippen molar-refractivity contribution in [2.75, 3.05) is 11.9 Å². The Hall–Kier alpha value is -3.03. The molecule has 1 amide bonds. The highest BCUT2D eigenvalue weighted by Crippen LogP contribution is 2.23. The maximum Gasteiger partial charge on any atom is 0.266 e. The fourth-order valence-corrected chi connectivity index (χ4v) is 2.23. The van der Waals surface area contributed by atoms with Crippen LogP contribution in [0, 0.1) is 18.3 Å². The lowest BCUT2D eigenvalue weighted by molar-refractivity contribution is -0.112. The monoisotopic (exact) mass is 352 g/mol. The van der Waals surface area contributed by atoms with E-state index in [4.69, 9.17) is 16.3 Å². The zero-order valence-electron chi connectivity index (χ0n) is 13.8. The molecule has 4 nitrogen and oxygen atoms in total. The first-order chi connectivity index (χ1) is 12.0. The highest BCUT2D eigenvalue weighted by Gasteiger charge is 2.11. The van der Waals surface area contributed by atoms with Crippen molar-refractivity contribution in [2.24, 2.45) is 0 Å². The van der Waals surface area contributed by atoms with E-state index < -0.39 is 5.91 Å². The second-order valence-electron chi connectivity index (χ2n) is 5.23. The number of benzene rings is 2. The summed E-state index contributed by atoms with van der Waals surface area (Å²) in [6.07, 6.45) is 3.11. The van der Waals surface area contributed by atoms with Crippen molar-refractivity contribution < 1.29 is 9.53 Å². The standard InChI is InChI=1S/C20H17ClN2O2/c1-3-10-25-19-7-5-4-6-15(19)11-16(13-22)20(24)23-17-9-8-14(2)18(21)12-17/h3-9,11-12H,1,10H2,2H3,(H,23,24)/b16-11+. The van der Waals surface area contributed by atoms with Gasteiger partial charge in [-0.2, -0.15) is 5.26 Å². The van der Waals surface area contributed by atoms with Crippen LogP contribution in [0.15, 0.2) is 60.7 Å². The van der Waals surface area contributed by atoms with Crippen molar-refractivity contribution in [1.82, 2.24) is 0 Å². The number of hydrogen-bond donors (Lipinski definition) is 1. The molecule has 0 atom stereocenters. The molecule has 25 heavy (non-hydrogen) atoms. The minimum Gasteiger partial charge on any atom is -0.489 e. The molecule has 2 aromatic carbocycles. The Balaban J connectivity index is 2.25. The van der Waals surface area contributed by atoms with Crippen LogP contribution in [0.25, 0.3) is 6.08 Å². The van der Waals surface area contributed by atoms with Crippen LogP contribution in [-0.4, -0.2) is 12.5 Å². The Labute approximate surface area is 152 Å². The van der Waals surface area contributed by atoms with E-state index in [9.17, 15) is 10.1 Å². The average Bonchev–Trinajstić information content (AvgIpc) is 2.61. The molecule has 0 fully saturated rings. The van der Waals surface area contributed by atoms with Crippen LogP contribution >= 0.6 is 11.6 Å². The van der Waals surface area contributed by atoms with Crippen molar-refractivity contribution >= 4 is 29.3 Å². The molecule has 0 aliphatic heterocycles. The summed E-state index contributed by atoms with van der Waals surface area (Å²) >= 11 is 6.05. The lowest BCUT2D eigenvalue weighted by Gasteiger charge is -2.08. The number of nitrogens with one attached hydrogen (secondary N) is 1. The van der Waals surface area contributed by atoms with E-state index in [-0.39, 0.29) is 5.57 Å². The highest BCUT2D eigenvalue weighted by molar-refractivity contribution is 6.31. The van der Waals surface area contributed by atoms with Crippen molar-refractivity contribution in [3.8, 4) is 11.8 Å². The third-order valence-electron chi connectivity index (χ3n) is 3.37. The molecule has 0 saturated heterocycles. The Morgan fingerprint density at radius 2 is 2.12 bits per heavy atom. The van der Waals surface area contributed by atoms with Gasteiger partial charge < -0.3 is 10.1 Å². The third-order valence-corrected chi connectivity index (χ3v) is 3.78. The number of nitriles is 1. The maximum atomic E-state index is 12.4. The molecule has 0 aromatic heterocycles. The van der Waals surface area contributed by atoms with Gasteiger partial charge in [-0.15, -0.1) is 0 Å². The van der Waals surface area contributed by atoms with Crippen LogP contribution in [0.1, 0.15) is 11.1 Å². The summed E-state index contributed by atoms with van der Waals surface area (Å²) in [6.45, 7) is 5.81. The lowest BCUT2D eigenvalue weighted by Crippen LogP contribution is -2.13. The predicted molar refractivity (Wildman–Crippen MR) is 101 cm³/mol. The van der Waals surface area contributed by atoms with Gasteiger partial charge in [0.15, 0.2) is 0 Å². The normalized spacial score (nSPS) is 10.7. The average molecular weight is 353 g/mol. The van der Waals surface area contributed by atoms with Crippen molar-refractivity contribution in [2.45, 2.75) is 6.92 Å². The van der Waals surface area contributed by atoms with Crippen molar-refractivity contribution in [3.05, 3.63) is 76.8 Å². The first kappa shape index (κ1) is 18.3. The van der Waals surface area contributed by atoms with Gasteiger partial charge in [-0.1, -0.05) is 48.5 Å². The number of anilines is 1. The number of carbonyl (C=O) groups is 1. The molecule has 0 aliphatic carbocycles. The second-order valence-corrected chi connectivity index (χ2v) is 5.63. The fraction of sp³-hybridized carbons (Fsp3) is 0.100. The van der Waals surface area contributed by atoms with Gasteiger partial charge in [0.05, 0.1) is 0 Å². The molecule has 2 rings (SSSR count). The molecule has 0 spiro atoms. The summed E-state index contributed by atoms with van der Waals surface area (Å²) in [7, 11) is 0. The molecule has 0 heterocycles. The van der Waals surface area contributed by atoms with E-state index in [1.807, 2.05) is 19.1 Å². The van der Waals surface area contributed by atoms with Gasteiger partial charge in [0.25, 0.3) is 5.91 Å². The van der Waals surface area contributed by atoms with Crippen LogP contribution in [0.5, 0.6) is 5.75 Å². The van der Waals surface area contributed by atoms with Gasteiger partial charge in [-0.3, -0.25) is 4.79 Å². The molecule has 126 valence electrons. The molecule has 5 heteroatoms. The molecule has 2 aromatic rings. The molecule has 1 N–H and O–H groups in total. The fourth-order valence-electron chi connectivity index (χ4n) is 2.05. The van der Waals surface area contributed by atoms with Crippen LogP contribution < -0.4 is 10.1 Å². The minimum absolute atomic E-state index is 0.0358. The van der Waals surface area contributed by atoms with Gasteiger partial charge in [-0.05, 0) is 36.8 Å². The van der Waals surface area contributed by atoms with E-state index >= 15 is 0 Å². The number of amides is 1. The Kier molecular flexibility index (Phi) is 6.39. The number of hydrogen-bond acceptors (Lipinski definition) is 3. The van der Waals surface area contributed by atoms with Crippen LogP contribution in [0.4, 0.5) is 5.69 Å². The Bertz CT molecular complexity index is 866. The molecule has 0 saturated carbocycles. The van der Waals surface area contributed by atoms with Gasteiger partial charge in [-0.25, -0.2) is 0 Å². The minimum atomic E-state index is -0.513. The molecule has 0 radical (unpaired) electrons. The van der Waals surface area contributed by atoms with Crippen molar-refractivity contribution in [1.29, 1.82) is 5.26 Å². The lowest BCUT2D eigenvalue weighted by atomic mass is 10.1. The van der Waals surface area contributed by atoms with Crippen LogP contribution in [-0.2, 0) is 4.79 Å². The quantitative estimate of drug-likeness (QED) is 0.463. The Morgan fingerprint density at radius 1 is 1.36 bits per heavy atom. The van der Waals surface area contributed by atoms with E-state index in [1.54, 1.807) is 42.5 Å². The number of ether oxygens (including phenoxy) is 1. The zero-order valence-corrected chi connectivity index (χ0v) is 14.5. The molecule has 0 unspecified atom stereocenters. The predicted octanol–water partition coefficient (Wildman–Crippen LogP) is 4.76. The Morgan fingerprint density at radius 3 is 2.80 bits per heavy atom. The van der Waals surface area contributed by atoms with E-state index in [1.165, 1.54) is 6.08 Å². The van der Waals surface area contributed by atoms with Crippen molar-refractivity contribution in [3.63, 3.8) is 0 Å². The smallest absolute Gasteiger partial charge is 0.266 e. The SMILES string of the molecule is C=CCOc1ccccc1/C=C(\C#N)C(=O)Nc1ccc(C)c(Cl)c1. The summed E-state index contributed by atoms with van der Waals surface area (Å²) in [5.41, 5.74) is 2.03. The summed E-state index contributed by atoms with van der Waals surface area (Å²) in [5, 5.41) is 12.6. The van der Waals surface area contributed by atoms with Gasteiger partial charge in [0, 0.05) is 16.3 Å². The van der Waals surface area contributed by atoms with Gasteiger partial charge in [0.2, 0.25) is 0 Å². The molecular weight excluding hydrogens is 336 g/mol. The van der Waals surface area contributed by atoms with Crippen LogP contribution in [0.2, 0.25) is 5.02 Å². The maximum absolute atomic E-state index is 12.4. The van der Waals surface area contributed by atoms with E-state index in [0.717, 1.165) is 5.56 Å². The number of halogens is 1. The first-order valence-corrected chi connectivity index (χ1v) is 7.95. The molecular formula is C20H17ClN2O2. The summed E-state index contributed by atoms with van der Waals surface area (Å²) in [4.78, 5) is 12.4. The zero-order chi connectivity index (χ0) is 18.2. The number of carbonyl (C=O) groups excluding carboxylic acids is 1. The summed E-state index contributed by atoms with van der Waals surface area (Å²) in [6, 6.07) is 14.2. The van der Waals surface area contributed by atoms with E-state index in [0.29, 0.717) is 28.6 Å². The number of rotatable bonds is 6. The molecule has 0 aliphatic rings. The number of aryl methyl sites for hydroxylation is 1. The highest BCUT2D eigenvalue weighted by atomic mass is 35.5. The number of para-hydroxylation sites is 1. The topological polar surface area (TPSA) is 62.1 Å². The first-order valence-electron chi connectivity index (χ1n) is 7.57. The third kappa shape index (κ3) is 4.97. The molecule has 0 bridgehead atoms.